The van der Waals surface area contributed by atoms with Crippen LogP contribution in [0.4, 0.5) is 0 Å². The number of fused-ring (bicyclic) bond motifs is 1. The number of hydrogen-bond donors (Lipinski definition) is 0. The molecule has 0 amide bonds. The molecule has 7 nitrogen and oxygen atoms in total. The Morgan fingerprint density at radius 1 is 1.00 bits per heavy atom. The Morgan fingerprint density at radius 3 is 2.33 bits per heavy atom. The Kier molecular flexibility index (Phi) is 3.44. The van der Waals surface area contributed by atoms with E-state index in [0.717, 1.165) is 31.7 Å². The van der Waals surface area contributed by atoms with Gasteiger partial charge in [-0.05, 0) is 43.0 Å². The molecule has 4 heterocycles. The Labute approximate surface area is 123 Å². The van der Waals surface area contributed by atoms with Crippen molar-refractivity contribution in [2.24, 2.45) is 0 Å². The molecular formula is C14H20N6O. The van der Waals surface area contributed by atoms with Gasteiger partial charge in [-0.2, -0.15) is 0 Å². The van der Waals surface area contributed by atoms with Crippen molar-refractivity contribution in [2.75, 3.05) is 26.2 Å². The first-order chi connectivity index (χ1) is 10.4. The average molecular weight is 288 g/mol. The molecule has 0 aliphatic carbocycles. The van der Waals surface area contributed by atoms with Crippen molar-refractivity contribution in [3.63, 3.8) is 0 Å². The van der Waals surface area contributed by atoms with Crippen molar-refractivity contribution in [2.45, 2.75) is 32.0 Å². The van der Waals surface area contributed by atoms with E-state index in [1.807, 2.05) is 12.1 Å². The van der Waals surface area contributed by atoms with Gasteiger partial charge in [0.2, 0.25) is 12.0 Å². The van der Waals surface area contributed by atoms with Gasteiger partial charge in [0.25, 0.3) is 0 Å². The molecule has 2 aromatic heterocycles. The van der Waals surface area contributed by atoms with Crippen LogP contribution in [0.25, 0.3) is 11.2 Å². The fraction of sp³-hybridized carbons (Fsp3) is 0.643. The van der Waals surface area contributed by atoms with Crippen LogP contribution in [-0.2, 0) is 0 Å². The Bertz CT molecular complexity index is 586. The maximum absolute atomic E-state index is 6.17. The van der Waals surface area contributed by atoms with Gasteiger partial charge in [-0.15, -0.1) is 5.10 Å². The third-order valence-electron chi connectivity index (χ3n) is 4.28. The summed E-state index contributed by atoms with van der Waals surface area (Å²) in [5, 5.41) is 8.22. The second-order valence-corrected chi connectivity index (χ2v) is 5.73. The second-order valence-electron chi connectivity index (χ2n) is 5.73. The van der Waals surface area contributed by atoms with Crippen LogP contribution >= 0.6 is 0 Å². The molecule has 7 heteroatoms. The van der Waals surface area contributed by atoms with Crippen molar-refractivity contribution in [1.29, 1.82) is 0 Å². The number of nitrogens with zero attached hydrogens (tertiary/aromatic N) is 6. The minimum atomic E-state index is -0.0538. The fourth-order valence-corrected chi connectivity index (χ4v) is 3.19. The molecule has 2 aliphatic rings. The molecule has 0 unspecified atom stereocenters. The summed E-state index contributed by atoms with van der Waals surface area (Å²) in [6.45, 7) is 4.34. The molecular weight excluding hydrogens is 268 g/mol. The minimum Gasteiger partial charge on any atom is -0.357 e. The van der Waals surface area contributed by atoms with Gasteiger partial charge in [-0.1, -0.05) is 4.85 Å². The lowest BCUT2D eigenvalue weighted by molar-refractivity contribution is -0.149. The summed E-state index contributed by atoms with van der Waals surface area (Å²) in [7, 11) is 0. The normalized spacial score (nSPS) is 20.8. The van der Waals surface area contributed by atoms with Crippen molar-refractivity contribution < 1.29 is 4.84 Å². The summed E-state index contributed by atoms with van der Waals surface area (Å²) in [6.07, 6.45) is 6.65. The molecule has 2 fully saturated rings. The van der Waals surface area contributed by atoms with Crippen LogP contribution < -0.4 is 4.84 Å². The first-order valence-corrected chi connectivity index (χ1v) is 7.73. The number of rotatable bonds is 4. The first-order valence-electron chi connectivity index (χ1n) is 7.73. The van der Waals surface area contributed by atoms with Gasteiger partial charge in [0.05, 0.1) is 0 Å². The molecule has 0 bridgehead atoms. The SMILES string of the molecule is c1cnc2c(c1)nnn2OC(N1CCCC1)N1CCCC1. The van der Waals surface area contributed by atoms with Crippen molar-refractivity contribution >= 4 is 11.2 Å². The predicted molar refractivity (Wildman–Crippen MR) is 77.3 cm³/mol. The number of pyridine rings is 1. The van der Waals surface area contributed by atoms with Gasteiger partial charge >= 0.3 is 0 Å². The minimum absolute atomic E-state index is 0.0538. The summed E-state index contributed by atoms with van der Waals surface area (Å²) in [4.78, 5) is 16.8. The van der Waals surface area contributed by atoms with Crippen LogP contribution in [0.2, 0.25) is 0 Å². The summed E-state index contributed by atoms with van der Waals surface area (Å²) >= 11 is 0. The third-order valence-corrected chi connectivity index (χ3v) is 4.28. The smallest absolute Gasteiger partial charge is 0.238 e. The largest absolute Gasteiger partial charge is 0.357 e. The Balaban J connectivity index is 1.61. The van der Waals surface area contributed by atoms with Gasteiger partial charge in [0.1, 0.15) is 5.52 Å². The van der Waals surface area contributed by atoms with Crippen LogP contribution in [0.1, 0.15) is 25.7 Å². The van der Waals surface area contributed by atoms with Crippen molar-refractivity contribution in [3.8, 4) is 0 Å². The first kappa shape index (κ1) is 13.0. The Morgan fingerprint density at radius 2 is 1.67 bits per heavy atom. The molecule has 0 radical (unpaired) electrons. The van der Waals surface area contributed by atoms with Crippen LogP contribution in [-0.4, -0.2) is 62.5 Å². The van der Waals surface area contributed by atoms with E-state index in [2.05, 4.69) is 25.1 Å². The zero-order chi connectivity index (χ0) is 14.1. The number of aromatic nitrogens is 4. The summed E-state index contributed by atoms with van der Waals surface area (Å²) in [5.41, 5.74) is 1.44. The standard InChI is InChI=1S/C14H20N6O/c1-2-9-18(8-1)14(19-10-3-4-11-19)21-20-13-12(16-17-20)6-5-7-15-13/h5-7,14H,1-4,8-11H2. The van der Waals surface area contributed by atoms with E-state index in [1.54, 1.807) is 6.20 Å². The molecule has 21 heavy (non-hydrogen) atoms. The molecule has 0 saturated carbocycles. The van der Waals surface area contributed by atoms with E-state index in [-0.39, 0.29) is 6.35 Å². The van der Waals surface area contributed by atoms with Gasteiger partial charge in [-0.3, -0.25) is 9.80 Å². The molecule has 2 aliphatic heterocycles. The molecule has 2 aromatic rings. The van der Waals surface area contributed by atoms with E-state index < -0.39 is 0 Å². The van der Waals surface area contributed by atoms with Crippen LogP contribution in [0.3, 0.4) is 0 Å². The summed E-state index contributed by atoms with van der Waals surface area (Å²) in [5.74, 6) is 0. The molecule has 0 aromatic carbocycles. The topological polar surface area (TPSA) is 59.3 Å². The zero-order valence-corrected chi connectivity index (χ0v) is 12.1. The molecule has 0 N–H and O–H groups in total. The van der Waals surface area contributed by atoms with Gasteiger partial charge in [0, 0.05) is 32.4 Å². The molecule has 112 valence electrons. The predicted octanol–water partition coefficient (Wildman–Crippen LogP) is 0.730. The van der Waals surface area contributed by atoms with Gasteiger partial charge in [0.15, 0.2) is 0 Å². The zero-order valence-electron chi connectivity index (χ0n) is 12.1. The number of hydrogen-bond acceptors (Lipinski definition) is 6. The van der Waals surface area contributed by atoms with E-state index >= 15 is 0 Å². The maximum Gasteiger partial charge on any atom is 0.238 e. The van der Waals surface area contributed by atoms with Crippen molar-refractivity contribution in [1.82, 2.24) is 29.9 Å². The molecule has 2 saturated heterocycles. The highest BCUT2D eigenvalue weighted by Gasteiger charge is 2.32. The van der Waals surface area contributed by atoms with E-state index in [9.17, 15) is 0 Å². The van der Waals surface area contributed by atoms with Gasteiger partial charge < -0.3 is 4.84 Å². The summed E-state index contributed by atoms with van der Waals surface area (Å²) < 4.78 is 0. The molecule has 0 spiro atoms. The van der Waals surface area contributed by atoms with E-state index in [0.29, 0.717) is 5.65 Å². The lowest BCUT2D eigenvalue weighted by Crippen LogP contribution is -2.52. The van der Waals surface area contributed by atoms with Gasteiger partial charge in [-0.25, -0.2) is 4.98 Å². The summed E-state index contributed by atoms with van der Waals surface area (Å²) in [6, 6.07) is 3.76. The van der Waals surface area contributed by atoms with Crippen molar-refractivity contribution in [3.05, 3.63) is 18.3 Å². The monoisotopic (exact) mass is 288 g/mol. The van der Waals surface area contributed by atoms with Crippen LogP contribution in [0.5, 0.6) is 0 Å². The Hall–Kier alpha value is -1.73. The lowest BCUT2D eigenvalue weighted by atomic mass is 10.4. The highest BCUT2D eigenvalue weighted by molar-refractivity contribution is 5.68. The third kappa shape index (κ3) is 2.47. The fourth-order valence-electron chi connectivity index (χ4n) is 3.19. The molecule has 0 atom stereocenters. The number of likely N-dealkylation sites (tertiary alicyclic amines) is 2. The van der Waals surface area contributed by atoms with Crippen LogP contribution in [0.15, 0.2) is 18.3 Å². The van der Waals surface area contributed by atoms with E-state index in [1.165, 1.54) is 30.5 Å². The quantitative estimate of drug-likeness (QED) is 0.826. The second kappa shape index (κ2) is 5.57. The van der Waals surface area contributed by atoms with E-state index in [4.69, 9.17) is 4.84 Å². The average Bonchev–Trinajstić information content (AvgIpc) is 3.26. The highest BCUT2D eigenvalue weighted by Crippen LogP contribution is 2.19. The maximum atomic E-state index is 6.17. The molecule has 4 rings (SSSR count). The lowest BCUT2D eigenvalue weighted by Gasteiger charge is -2.33. The highest BCUT2D eigenvalue weighted by atomic mass is 16.7. The van der Waals surface area contributed by atoms with Crippen LogP contribution in [0, 0.1) is 0 Å².